The zero-order chi connectivity index (χ0) is 33.3. The summed E-state index contributed by atoms with van der Waals surface area (Å²) in [6, 6.07) is 29.1. The summed E-state index contributed by atoms with van der Waals surface area (Å²) < 4.78 is 0. The van der Waals surface area contributed by atoms with Crippen molar-refractivity contribution in [2.24, 2.45) is 0 Å². The van der Waals surface area contributed by atoms with Crippen LogP contribution in [0.1, 0.15) is 26.4 Å². The predicted molar refractivity (Wildman–Crippen MR) is 186 cm³/mol. The molecule has 0 unspecified atom stereocenters. The molecule has 0 radical (unpaired) electrons. The van der Waals surface area contributed by atoms with Gasteiger partial charge in [-0.1, -0.05) is 60.2 Å². The standard InChI is InChI=1S/C35H29N5O5S2/c1-22-12-14-24(15-13-22)32-23(2)47-35(39-32)38-31(41)21-46-28-18-16-27(17-19-28)36-34(43)29(37-33(42)25-8-4-3-5-9-25)20-26-10-6-7-11-30(26)40(44)45/h3-20H,21H2,1-2H3,(H,36,43)(H,37,42)(H,38,39,41)/b29-20-. The van der Waals surface area contributed by atoms with Gasteiger partial charge in [0.15, 0.2) is 5.13 Å². The van der Waals surface area contributed by atoms with Gasteiger partial charge in [0.2, 0.25) is 5.91 Å². The minimum Gasteiger partial charge on any atom is -0.321 e. The lowest BCUT2D eigenvalue weighted by molar-refractivity contribution is -0.385. The quantitative estimate of drug-likeness (QED) is 0.0576. The Morgan fingerprint density at radius 2 is 1.55 bits per heavy atom. The Hall–Kier alpha value is -5.59. The van der Waals surface area contributed by atoms with Crippen molar-refractivity contribution in [3.63, 3.8) is 0 Å². The molecule has 0 aliphatic rings. The highest BCUT2D eigenvalue weighted by atomic mass is 32.2. The Balaban J connectivity index is 1.22. The molecule has 12 heteroatoms. The number of aryl methyl sites for hydroxylation is 2. The van der Waals surface area contributed by atoms with Crippen molar-refractivity contribution in [3.05, 3.63) is 141 Å². The van der Waals surface area contributed by atoms with Crippen molar-refractivity contribution < 1.29 is 19.3 Å². The Bertz CT molecular complexity index is 1960. The topological polar surface area (TPSA) is 143 Å². The first-order valence-corrected chi connectivity index (χ1v) is 16.2. The van der Waals surface area contributed by atoms with Gasteiger partial charge in [-0.2, -0.15) is 0 Å². The van der Waals surface area contributed by atoms with Gasteiger partial charge in [-0.3, -0.25) is 24.5 Å². The van der Waals surface area contributed by atoms with E-state index < -0.39 is 16.7 Å². The van der Waals surface area contributed by atoms with E-state index in [0.717, 1.165) is 26.6 Å². The van der Waals surface area contributed by atoms with E-state index in [0.29, 0.717) is 16.4 Å². The molecule has 4 aromatic carbocycles. The number of aromatic nitrogens is 1. The van der Waals surface area contributed by atoms with Crippen LogP contribution in [0.4, 0.5) is 16.5 Å². The smallest absolute Gasteiger partial charge is 0.276 e. The highest BCUT2D eigenvalue weighted by Gasteiger charge is 2.19. The van der Waals surface area contributed by atoms with Gasteiger partial charge in [0.25, 0.3) is 17.5 Å². The zero-order valence-electron chi connectivity index (χ0n) is 25.4. The molecular formula is C35H29N5O5S2. The van der Waals surface area contributed by atoms with Gasteiger partial charge in [0.05, 0.1) is 21.9 Å². The Morgan fingerprint density at radius 3 is 2.26 bits per heavy atom. The van der Waals surface area contributed by atoms with E-state index in [-0.39, 0.29) is 28.6 Å². The van der Waals surface area contributed by atoms with Crippen molar-refractivity contribution >= 4 is 63.4 Å². The van der Waals surface area contributed by atoms with Crippen LogP contribution in [-0.4, -0.2) is 33.4 Å². The lowest BCUT2D eigenvalue weighted by Gasteiger charge is -2.12. The number of nitro groups is 1. The minimum absolute atomic E-state index is 0.151. The fourth-order valence-electron chi connectivity index (χ4n) is 4.44. The number of carbonyl (C=O) groups is 3. The van der Waals surface area contributed by atoms with E-state index in [2.05, 4.69) is 20.9 Å². The summed E-state index contributed by atoms with van der Waals surface area (Å²) in [5.41, 5.74) is 3.50. The van der Waals surface area contributed by atoms with E-state index >= 15 is 0 Å². The molecular weight excluding hydrogens is 635 g/mol. The second-order valence-electron chi connectivity index (χ2n) is 10.3. The lowest BCUT2D eigenvalue weighted by atomic mass is 10.1. The maximum Gasteiger partial charge on any atom is 0.276 e. The number of thiazole rings is 1. The van der Waals surface area contributed by atoms with Crippen molar-refractivity contribution in [3.8, 4) is 11.3 Å². The maximum atomic E-state index is 13.3. The first-order chi connectivity index (χ1) is 22.7. The number of nitrogens with one attached hydrogen (secondary N) is 3. The molecule has 5 aromatic rings. The monoisotopic (exact) mass is 663 g/mol. The predicted octanol–water partition coefficient (Wildman–Crippen LogP) is 7.48. The summed E-state index contributed by atoms with van der Waals surface area (Å²) >= 11 is 2.74. The average Bonchev–Trinajstić information content (AvgIpc) is 3.44. The van der Waals surface area contributed by atoms with E-state index in [1.165, 1.54) is 47.4 Å². The largest absolute Gasteiger partial charge is 0.321 e. The van der Waals surface area contributed by atoms with Crippen molar-refractivity contribution in [1.29, 1.82) is 0 Å². The molecule has 0 saturated carbocycles. The summed E-state index contributed by atoms with van der Waals surface area (Å²) in [7, 11) is 0. The molecule has 3 N–H and O–H groups in total. The number of amides is 3. The molecule has 0 atom stereocenters. The number of para-hydroxylation sites is 1. The number of hydrogen-bond donors (Lipinski definition) is 3. The third-order valence-electron chi connectivity index (χ3n) is 6.81. The Morgan fingerprint density at radius 1 is 0.872 bits per heavy atom. The summed E-state index contributed by atoms with van der Waals surface area (Å²) in [6.07, 6.45) is 1.27. The highest BCUT2D eigenvalue weighted by molar-refractivity contribution is 8.00. The van der Waals surface area contributed by atoms with Gasteiger partial charge >= 0.3 is 0 Å². The van der Waals surface area contributed by atoms with Gasteiger partial charge in [-0.25, -0.2) is 4.98 Å². The number of rotatable bonds is 11. The number of carbonyl (C=O) groups excluding carboxylic acids is 3. The van der Waals surface area contributed by atoms with Crippen LogP contribution in [0.25, 0.3) is 17.3 Å². The normalized spacial score (nSPS) is 11.1. The van der Waals surface area contributed by atoms with Crippen LogP contribution < -0.4 is 16.0 Å². The van der Waals surface area contributed by atoms with E-state index in [1.807, 2.05) is 38.1 Å². The first kappa shape index (κ1) is 32.8. The number of benzene rings is 4. The molecule has 0 spiro atoms. The first-order valence-electron chi connectivity index (χ1n) is 14.4. The summed E-state index contributed by atoms with van der Waals surface area (Å²) in [4.78, 5) is 56.3. The molecule has 0 saturated heterocycles. The molecule has 10 nitrogen and oxygen atoms in total. The molecule has 0 fully saturated rings. The summed E-state index contributed by atoms with van der Waals surface area (Å²) in [6.45, 7) is 4.00. The fraction of sp³-hybridized carbons (Fsp3) is 0.0857. The third-order valence-corrected chi connectivity index (χ3v) is 8.71. The molecule has 47 heavy (non-hydrogen) atoms. The number of anilines is 2. The number of nitrogens with zero attached hydrogens (tertiary/aromatic N) is 2. The van der Waals surface area contributed by atoms with Crippen LogP contribution in [0.15, 0.2) is 114 Å². The van der Waals surface area contributed by atoms with Gasteiger partial charge in [-0.15, -0.1) is 23.1 Å². The van der Waals surface area contributed by atoms with Crippen LogP contribution in [0, 0.1) is 24.0 Å². The average molecular weight is 664 g/mol. The van der Waals surface area contributed by atoms with Crippen molar-refractivity contribution in [2.45, 2.75) is 18.7 Å². The van der Waals surface area contributed by atoms with Gasteiger partial charge in [-0.05, 0) is 62.4 Å². The van der Waals surface area contributed by atoms with Gasteiger partial charge in [0, 0.05) is 32.7 Å². The van der Waals surface area contributed by atoms with Gasteiger partial charge in [0.1, 0.15) is 5.70 Å². The molecule has 1 aromatic heterocycles. The minimum atomic E-state index is -0.670. The van der Waals surface area contributed by atoms with Crippen LogP contribution in [-0.2, 0) is 9.59 Å². The van der Waals surface area contributed by atoms with Crippen LogP contribution in [0.5, 0.6) is 0 Å². The van der Waals surface area contributed by atoms with E-state index in [1.54, 1.807) is 60.7 Å². The van der Waals surface area contributed by atoms with Crippen LogP contribution >= 0.6 is 23.1 Å². The third kappa shape index (κ3) is 8.78. The van der Waals surface area contributed by atoms with E-state index in [9.17, 15) is 24.5 Å². The lowest BCUT2D eigenvalue weighted by Crippen LogP contribution is -2.30. The van der Waals surface area contributed by atoms with Crippen molar-refractivity contribution in [2.75, 3.05) is 16.4 Å². The van der Waals surface area contributed by atoms with Gasteiger partial charge < -0.3 is 16.0 Å². The van der Waals surface area contributed by atoms with Crippen molar-refractivity contribution in [1.82, 2.24) is 10.3 Å². The number of hydrogen-bond acceptors (Lipinski definition) is 8. The summed E-state index contributed by atoms with van der Waals surface area (Å²) in [5, 5.41) is 20.3. The van der Waals surface area contributed by atoms with E-state index in [4.69, 9.17) is 0 Å². The molecule has 5 rings (SSSR count). The molecule has 0 aliphatic carbocycles. The second-order valence-corrected chi connectivity index (χ2v) is 12.6. The molecule has 0 aliphatic heterocycles. The van der Waals surface area contributed by atoms with Crippen LogP contribution in [0.3, 0.4) is 0 Å². The van der Waals surface area contributed by atoms with Crippen LogP contribution in [0.2, 0.25) is 0 Å². The highest BCUT2D eigenvalue weighted by Crippen LogP contribution is 2.31. The Kier molecular flexibility index (Phi) is 10.6. The number of nitro benzene ring substituents is 1. The molecule has 1 heterocycles. The fourth-order valence-corrected chi connectivity index (χ4v) is 5.99. The zero-order valence-corrected chi connectivity index (χ0v) is 27.0. The molecule has 236 valence electrons. The SMILES string of the molecule is Cc1ccc(-c2nc(NC(=O)CSc3ccc(NC(=O)/C(=C/c4ccccc4[N+](=O)[O-])NC(=O)c4ccccc4)cc3)sc2C)cc1. The summed E-state index contributed by atoms with van der Waals surface area (Å²) in [5.74, 6) is -1.26. The Labute approximate surface area is 279 Å². The molecule has 3 amide bonds. The maximum absolute atomic E-state index is 13.3. The molecule has 0 bridgehead atoms. The number of thioether (sulfide) groups is 1. The second kappa shape index (κ2) is 15.1.